The molecular weight excluding hydrogens is 482 g/mol. The van der Waals surface area contributed by atoms with E-state index in [1.54, 1.807) is 0 Å². The Labute approximate surface area is 207 Å². The standard InChI is InChI=1S/C22H50N2O8P2/c1-23(2,3)17-21-31-33(25,26)29-19-15-13-11-9-7-8-10-12-14-16-20-30-34(27,28)32-22-18-24(4,5)6/h7-22H2,1-6H3/p+2. The summed E-state index contributed by atoms with van der Waals surface area (Å²) < 4.78 is 44.9. The molecule has 0 aromatic carbocycles. The number of likely N-dealkylation sites (N-methyl/N-ethyl adjacent to an activating group) is 2. The van der Waals surface area contributed by atoms with Gasteiger partial charge in [0.15, 0.2) is 0 Å². The molecule has 0 heterocycles. The van der Waals surface area contributed by atoms with Gasteiger partial charge in [0, 0.05) is 0 Å². The number of rotatable bonds is 23. The molecule has 10 nitrogen and oxygen atoms in total. The van der Waals surface area contributed by atoms with Crippen molar-refractivity contribution in [1.82, 2.24) is 0 Å². The Balaban J connectivity index is 3.48. The van der Waals surface area contributed by atoms with E-state index in [4.69, 9.17) is 18.1 Å². The normalized spacial score (nSPS) is 16.4. The van der Waals surface area contributed by atoms with Gasteiger partial charge in [-0.3, -0.25) is 18.1 Å². The lowest BCUT2D eigenvalue weighted by Crippen LogP contribution is -2.37. The molecule has 0 amide bonds. The van der Waals surface area contributed by atoms with Crippen LogP contribution in [-0.4, -0.2) is 101 Å². The Morgan fingerprint density at radius 3 is 0.971 bits per heavy atom. The van der Waals surface area contributed by atoms with Gasteiger partial charge in [0.05, 0.1) is 55.5 Å². The molecule has 34 heavy (non-hydrogen) atoms. The number of phosphoric ester groups is 2. The minimum atomic E-state index is -3.94. The molecule has 2 unspecified atom stereocenters. The van der Waals surface area contributed by atoms with E-state index in [9.17, 15) is 18.9 Å². The molecule has 0 aromatic rings. The van der Waals surface area contributed by atoms with Crippen molar-refractivity contribution in [2.24, 2.45) is 0 Å². The maximum absolute atomic E-state index is 11.8. The second-order valence-corrected chi connectivity index (χ2v) is 13.7. The average molecular weight is 535 g/mol. The third-order valence-electron chi connectivity index (χ3n) is 5.08. The molecule has 12 heteroatoms. The zero-order valence-corrected chi connectivity index (χ0v) is 24.2. The molecule has 0 aliphatic rings. The third-order valence-corrected chi connectivity index (χ3v) is 7.12. The molecule has 0 fully saturated rings. The van der Waals surface area contributed by atoms with Crippen molar-refractivity contribution in [2.75, 3.05) is 81.8 Å². The summed E-state index contributed by atoms with van der Waals surface area (Å²) in [5.41, 5.74) is 0. The summed E-state index contributed by atoms with van der Waals surface area (Å²) in [4.78, 5) is 19.3. The van der Waals surface area contributed by atoms with Gasteiger partial charge >= 0.3 is 15.6 Å². The molecule has 206 valence electrons. The van der Waals surface area contributed by atoms with Crippen LogP contribution in [0.5, 0.6) is 0 Å². The first-order valence-electron chi connectivity index (χ1n) is 12.5. The smallest absolute Gasteiger partial charge is 0.329 e. The first-order valence-corrected chi connectivity index (χ1v) is 15.5. The van der Waals surface area contributed by atoms with E-state index in [1.807, 2.05) is 42.3 Å². The van der Waals surface area contributed by atoms with Crippen LogP contribution in [0.4, 0.5) is 0 Å². The molecule has 0 spiro atoms. The van der Waals surface area contributed by atoms with Crippen LogP contribution in [0.1, 0.15) is 64.2 Å². The molecule has 0 saturated heterocycles. The highest BCUT2D eigenvalue weighted by Gasteiger charge is 2.23. The predicted octanol–water partition coefficient (Wildman–Crippen LogP) is 4.57. The minimum Gasteiger partial charge on any atom is -0.329 e. The molecule has 0 aromatic heterocycles. The van der Waals surface area contributed by atoms with Crippen LogP contribution in [0.25, 0.3) is 0 Å². The number of quaternary nitrogens is 2. The van der Waals surface area contributed by atoms with Gasteiger partial charge in [-0.2, -0.15) is 0 Å². The predicted molar refractivity (Wildman–Crippen MR) is 135 cm³/mol. The van der Waals surface area contributed by atoms with Crippen LogP contribution >= 0.6 is 15.6 Å². The molecule has 2 N–H and O–H groups in total. The van der Waals surface area contributed by atoms with Crippen molar-refractivity contribution in [1.29, 1.82) is 0 Å². The number of nitrogens with zero attached hydrogens (tertiary/aromatic N) is 2. The minimum absolute atomic E-state index is 0.193. The van der Waals surface area contributed by atoms with Crippen molar-refractivity contribution in [3.8, 4) is 0 Å². The summed E-state index contributed by atoms with van der Waals surface area (Å²) in [6.07, 6.45) is 10.2. The fourth-order valence-electron chi connectivity index (χ4n) is 2.91. The van der Waals surface area contributed by atoms with E-state index >= 15 is 0 Å². The van der Waals surface area contributed by atoms with Gasteiger partial charge in [-0.25, -0.2) is 9.13 Å². The third kappa shape index (κ3) is 25.2. The van der Waals surface area contributed by atoms with E-state index in [0.29, 0.717) is 22.1 Å². The van der Waals surface area contributed by atoms with Gasteiger partial charge in [0.2, 0.25) is 0 Å². The molecule has 0 bridgehead atoms. The first kappa shape index (κ1) is 34.1. The van der Waals surface area contributed by atoms with Crippen molar-refractivity contribution < 1.29 is 46.0 Å². The van der Waals surface area contributed by atoms with Crippen LogP contribution < -0.4 is 0 Å². The summed E-state index contributed by atoms with van der Waals surface area (Å²) in [6, 6.07) is 0. The molecule has 0 aliphatic heterocycles. The fraction of sp³-hybridized carbons (Fsp3) is 1.00. The average Bonchev–Trinajstić information content (AvgIpc) is 2.65. The summed E-state index contributed by atoms with van der Waals surface area (Å²) >= 11 is 0. The Kier molecular flexibility index (Phi) is 17.6. The lowest BCUT2D eigenvalue weighted by Gasteiger charge is -2.24. The fourth-order valence-corrected chi connectivity index (χ4v) is 4.41. The largest absolute Gasteiger partial charge is 0.472 e. The number of hydrogen-bond donors (Lipinski definition) is 2. The zero-order valence-electron chi connectivity index (χ0n) is 22.4. The van der Waals surface area contributed by atoms with Crippen LogP contribution in [0.15, 0.2) is 0 Å². The summed E-state index contributed by atoms with van der Waals surface area (Å²) in [5.74, 6) is 0. The summed E-state index contributed by atoms with van der Waals surface area (Å²) in [7, 11) is 4.07. The van der Waals surface area contributed by atoms with E-state index in [0.717, 1.165) is 64.2 Å². The highest BCUT2D eigenvalue weighted by molar-refractivity contribution is 7.47. The van der Waals surface area contributed by atoms with Crippen molar-refractivity contribution in [3.05, 3.63) is 0 Å². The maximum atomic E-state index is 11.8. The van der Waals surface area contributed by atoms with Crippen molar-refractivity contribution in [2.45, 2.75) is 64.2 Å². The van der Waals surface area contributed by atoms with Crippen LogP contribution in [0, 0.1) is 0 Å². The zero-order chi connectivity index (χ0) is 26.1. The van der Waals surface area contributed by atoms with Gasteiger partial charge in [-0.1, -0.05) is 51.4 Å². The molecule has 0 saturated carbocycles. The molecule has 0 aliphatic carbocycles. The van der Waals surface area contributed by atoms with Crippen LogP contribution in [0.3, 0.4) is 0 Å². The van der Waals surface area contributed by atoms with E-state index in [2.05, 4.69) is 0 Å². The molecule has 2 atom stereocenters. The first-order chi connectivity index (χ1) is 15.6. The maximum Gasteiger partial charge on any atom is 0.472 e. The molecule has 0 rings (SSSR count). The molecular formula is C22H52N2O8P2+2. The lowest BCUT2D eigenvalue weighted by molar-refractivity contribution is -0.870. The van der Waals surface area contributed by atoms with Gasteiger partial charge in [-0.15, -0.1) is 0 Å². The Bertz CT molecular complexity index is 557. The van der Waals surface area contributed by atoms with Gasteiger partial charge < -0.3 is 18.8 Å². The topological polar surface area (TPSA) is 112 Å². The van der Waals surface area contributed by atoms with E-state index in [-0.39, 0.29) is 26.4 Å². The van der Waals surface area contributed by atoms with Gasteiger partial charge in [0.1, 0.15) is 26.3 Å². The lowest BCUT2D eigenvalue weighted by atomic mass is 10.1. The Hall–Kier alpha value is 0.140. The van der Waals surface area contributed by atoms with Crippen LogP contribution in [0.2, 0.25) is 0 Å². The summed E-state index contributed by atoms with van der Waals surface area (Å²) in [6.45, 7) is 2.14. The SMILES string of the molecule is C[N+](C)(C)CCOP(=O)(O)OCCCCCCCCCCCCOP(=O)(O)OCC[N+](C)(C)C. The second-order valence-electron chi connectivity index (χ2n) is 10.8. The van der Waals surface area contributed by atoms with E-state index < -0.39 is 15.6 Å². The van der Waals surface area contributed by atoms with Gasteiger partial charge in [-0.05, 0) is 12.8 Å². The van der Waals surface area contributed by atoms with Crippen LogP contribution in [-0.2, 0) is 27.2 Å². The highest BCUT2D eigenvalue weighted by atomic mass is 31.2. The second kappa shape index (κ2) is 17.6. The Morgan fingerprint density at radius 2 is 0.706 bits per heavy atom. The number of hydrogen-bond acceptors (Lipinski definition) is 6. The van der Waals surface area contributed by atoms with Crippen molar-refractivity contribution >= 4 is 15.6 Å². The monoisotopic (exact) mass is 534 g/mol. The Morgan fingerprint density at radius 1 is 0.471 bits per heavy atom. The highest BCUT2D eigenvalue weighted by Crippen LogP contribution is 2.43. The van der Waals surface area contributed by atoms with E-state index in [1.165, 1.54) is 0 Å². The summed E-state index contributed by atoms with van der Waals surface area (Å²) in [5, 5.41) is 0. The molecule has 0 radical (unpaired) electrons. The van der Waals surface area contributed by atoms with Gasteiger partial charge in [0.25, 0.3) is 0 Å². The number of phosphoric acid groups is 2. The van der Waals surface area contributed by atoms with Crippen molar-refractivity contribution in [3.63, 3.8) is 0 Å². The number of unbranched alkanes of at least 4 members (excludes halogenated alkanes) is 9. The quantitative estimate of drug-likeness (QED) is 0.111.